The molecule has 0 aliphatic heterocycles. The van der Waals surface area contributed by atoms with Crippen molar-refractivity contribution in [2.75, 3.05) is 0 Å². The Morgan fingerprint density at radius 2 is 1.57 bits per heavy atom. The maximum atomic E-state index is 6.13. The SMILES string of the molecule is C=C(CCCC)O[Si](CC)(CC)CC. The summed E-state index contributed by atoms with van der Waals surface area (Å²) in [5.74, 6) is 1.03. The van der Waals surface area contributed by atoms with Gasteiger partial charge in [-0.15, -0.1) is 0 Å². The fraction of sp³-hybridized carbons (Fsp3) is 0.833. The molecule has 0 aliphatic rings. The zero-order valence-corrected chi connectivity index (χ0v) is 11.4. The first kappa shape index (κ1) is 13.8. The van der Waals surface area contributed by atoms with Crippen LogP contribution in [0.4, 0.5) is 0 Å². The predicted molar refractivity (Wildman–Crippen MR) is 66.9 cm³/mol. The van der Waals surface area contributed by atoms with Crippen molar-refractivity contribution in [1.82, 2.24) is 0 Å². The summed E-state index contributed by atoms with van der Waals surface area (Å²) >= 11 is 0. The van der Waals surface area contributed by atoms with Gasteiger partial charge >= 0.3 is 0 Å². The van der Waals surface area contributed by atoms with Gasteiger partial charge in [-0.1, -0.05) is 40.7 Å². The lowest BCUT2D eigenvalue weighted by atomic mass is 10.2. The Balaban J connectivity index is 4.08. The van der Waals surface area contributed by atoms with Gasteiger partial charge < -0.3 is 4.43 Å². The van der Waals surface area contributed by atoms with Crippen LogP contribution in [-0.4, -0.2) is 8.32 Å². The molecule has 1 nitrogen and oxygen atoms in total. The first-order valence-electron chi connectivity index (χ1n) is 6.00. The lowest BCUT2D eigenvalue weighted by molar-refractivity contribution is 0.382. The maximum Gasteiger partial charge on any atom is 0.250 e. The lowest BCUT2D eigenvalue weighted by Crippen LogP contribution is -2.35. The third-order valence-corrected chi connectivity index (χ3v) is 7.69. The Bertz CT molecular complexity index is 153. The van der Waals surface area contributed by atoms with Crippen molar-refractivity contribution in [3.8, 4) is 0 Å². The fourth-order valence-corrected chi connectivity index (χ4v) is 4.35. The Morgan fingerprint density at radius 1 is 1.07 bits per heavy atom. The van der Waals surface area contributed by atoms with E-state index in [1.807, 2.05) is 0 Å². The second kappa shape index (κ2) is 7.10. The minimum Gasteiger partial charge on any atom is -0.547 e. The average Bonchev–Trinajstić information content (AvgIpc) is 2.23. The van der Waals surface area contributed by atoms with Gasteiger partial charge in [0.15, 0.2) is 0 Å². The zero-order chi connectivity index (χ0) is 11.0. The van der Waals surface area contributed by atoms with E-state index in [2.05, 4.69) is 34.3 Å². The quantitative estimate of drug-likeness (QED) is 0.420. The van der Waals surface area contributed by atoms with E-state index in [0.717, 1.165) is 12.2 Å². The summed E-state index contributed by atoms with van der Waals surface area (Å²) in [6.45, 7) is 13.0. The van der Waals surface area contributed by atoms with Gasteiger partial charge in [-0.25, -0.2) is 0 Å². The molecule has 84 valence electrons. The molecule has 0 heterocycles. The number of rotatable bonds is 8. The van der Waals surface area contributed by atoms with Crippen LogP contribution in [0, 0.1) is 0 Å². The minimum absolute atomic E-state index is 1.03. The van der Waals surface area contributed by atoms with E-state index in [1.54, 1.807) is 0 Å². The van der Waals surface area contributed by atoms with Crippen molar-refractivity contribution in [3.05, 3.63) is 12.3 Å². The van der Waals surface area contributed by atoms with Gasteiger partial charge in [-0.3, -0.25) is 0 Å². The Hall–Kier alpha value is -0.243. The van der Waals surface area contributed by atoms with Crippen molar-refractivity contribution in [2.24, 2.45) is 0 Å². The predicted octanol–water partition coefficient (Wildman–Crippen LogP) is 4.71. The molecule has 0 saturated heterocycles. The second-order valence-corrected chi connectivity index (χ2v) is 8.68. The number of unbranched alkanes of at least 4 members (excludes halogenated alkanes) is 1. The van der Waals surface area contributed by atoms with E-state index in [4.69, 9.17) is 4.43 Å². The van der Waals surface area contributed by atoms with Crippen LogP contribution in [0.25, 0.3) is 0 Å². The van der Waals surface area contributed by atoms with Gasteiger partial charge in [0.05, 0.1) is 5.76 Å². The van der Waals surface area contributed by atoms with Gasteiger partial charge in [-0.2, -0.15) is 0 Å². The van der Waals surface area contributed by atoms with Crippen LogP contribution in [-0.2, 0) is 4.43 Å². The second-order valence-electron chi connectivity index (χ2n) is 3.99. The van der Waals surface area contributed by atoms with Crippen molar-refractivity contribution >= 4 is 8.32 Å². The third-order valence-electron chi connectivity index (χ3n) is 3.10. The van der Waals surface area contributed by atoms with Crippen molar-refractivity contribution < 1.29 is 4.43 Å². The molecule has 2 heteroatoms. The molecule has 0 aromatic rings. The molecule has 0 N–H and O–H groups in total. The highest BCUT2D eigenvalue weighted by Crippen LogP contribution is 2.25. The molecule has 0 aliphatic carbocycles. The number of hydrogen-bond donors (Lipinski definition) is 0. The molecule has 0 fully saturated rings. The van der Waals surface area contributed by atoms with Gasteiger partial charge in [-0.05, 0) is 24.6 Å². The molecule has 0 bridgehead atoms. The standard InChI is InChI=1S/C12H26OSi/c1-6-10-11-12(5)13-14(7-2,8-3)9-4/h5-11H2,1-4H3. The summed E-state index contributed by atoms with van der Waals surface area (Å²) in [4.78, 5) is 0. The van der Waals surface area contributed by atoms with Crippen LogP contribution in [0.3, 0.4) is 0 Å². The summed E-state index contributed by atoms with van der Waals surface area (Å²) in [6, 6.07) is 3.64. The molecule has 0 aromatic heterocycles. The molecular weight excluding hydrogens is 188 g/mol. The van der Waals surface area contributed by atoms with Crippen LogP contribution < -0.4 is 0 Å². The van der Waals surface area contributed by atoms with Gasteiger partial charge in [0.25, 0.3) is 0 Å². The van der Waals surface area contributed by atoms with E-state index in [1.165, 1.54) is 31.0 Å². The summed E-state index contributed by atoms with van der Waals surface area (Å²) < 4.78 is 6.13. The van der Waals surface area contributed by atoms with Gasteiger partial charge in [0.1, 0.15) is 0 Å². The summed E-state index contributed by atoms with van der Waals surface area (Å²) in [5, 5.41) is 0. The normalized spacial score (nSPS) is 11.4. The Kier molecular flexibility index (Phi) is 6.98. The zero-order valence-electron chi connectivity index (χ0n) is 10.4. The van der Waals surface area contributed by atoms with Crippen molar-refractivity contribution in [3.63, 3.8) is 0 Å². The summed E-state index contributed by atoms with van der Waals surface area (Å²) in [6.07, 6.45) is 3.48. The molecule has 0 rings (SSSR count). The molecule has 0 aromatic carbocycles. The van der Waals surface area contributed by atoms with E-state index in [0.29, 0.717) is 0 Å². The van der Waals surface area contributed by atoms with Crippen LogP contribution in [0.1, 0.15) is 47.0 Å². The average molecular weight is 214 g/mol. The maximum absolute atomic E-state index is 6.13. The largest absolute Gasteiger partial charge is 0.547 e. The van der Waals surface area contributed by atoms with Gasteiger partial charge in [0.2, 0.25) is 8.32 Å². The molecule has 0 atom stereocenters. The summed E-state index contributed by atoms with van der Waals surface area (Å²) in [7, 11) is -1.43. The Labute approximate surface area is 90.7 Å². The van der Waals surface area contributed by atoms with Crippen LogP contribution in [0.2, 0.25) is 18.1 Å². The van der Waals surface area contributed by atoms with E-state index in [-0.39, 0.29) is 0 Å². The first-order valence-corrected chi connectivity index (χ1v) is 8.53. The van der Waals surface area contributed by atoms with Crippen LogP contribution >= 0.6 is 0 Å². The van der Waals surface area contributed by atoms with E-state index in [9.17, 15) is 0 Å². The number of hydrogen-bond acceptors (Lipinski definition) is 1. The van der Waals surface area contributed by atoms with Crippen LogP contribution in [0.5, 0.6) is 0 Å². The number of allylic oxidation sites excluding steroid dienone is 1. The molecule has 0 amide bonds. The Morgan fingerprint density at radius 3 is 1.93 bits per heavy atom. The lowest BCUT2D eigenvalue weighted by Gasteiger charge is -2.30. The molecule has 0 unspecified atom stereocenters. The highest BCUT2D eigenvalue weighted by Gasteiger charge is 2.30. The fourth-order valence-electron chi connectivity index (χ4n) is 1.70. The molecule has 0 radical (unpaired) electrons. The summed E-state index contributed by atoms with van der Waals surface area (Å²) in [5.41, 5.74) is 0. The molecule has 14 heavy (non-hydrogen) atoms. The third kappa shape index (κ3) is 4.31. The highest BCUT2D eigenvalue weighted by atomic mass is 28.4. The van der Waals surface area contributed by atoms with Gasteiger partial charge in [0, 0.05) is 6.42 Å². The topological polar surface area (TPSA) is 9.23 Å². The van der Waals surface area contributed by atoms with E-state index < -0.39 is 8.32 Å². The minimum atomic E-state index is -1.43. The smallest absolute Gasteiger partial charge is 0.250 e. The van der Waals surface area contributed by atoms with Crippen LogP contribution in [0.15, 0.2) is 12.3 Å². The highest BCUT2D eigenvalue weighted by molar-refractivity contribution is 6.73. The molecular formula is C12H26OSi. The van der Waals surface area contributed by atoms with Crippen molar-refractivity contribution in [1.29, 1.82) is 0 Å². The first-order chi connectivity index (χ1) is 6.64. The van der Waals surface area contributed by atoms with Crippen molar-refractivity contribution in [2.45, 2.75) is 65.1 Å². The van der Waals surface area contributed by atoms with E-state index >= 15 is 0 Å². The monoisotopic (exact) mass is 214 g/mol. The molecule has 0 saturated carbocycles. The molecule has 0 spiro atoms.